The number of hydrogen-bond donors (Lipinski definition) is 2. The molecule has 4 nitrogen and oxygen atoms in total. The summed E-state index contributed by atoms with van der Waals surface area (Å²) < 4.78 is 44.0. The van der Waals surface area contributed by atoms with Crippen LogP contribution in [-0.2, 0) is 11.0 Å². The average Bonchev–Trinajstić information content (AvgIpc) is 2.34. The quantitative estimate of drug-likeness (QED) is 0.816. The first-order chi connectivity index (χ1) is 9.45. The molecule has 0 fully saturated rings. The minimum Gasteiger partial charge on any atom is -0.492 e. The van der Waals surface area contributed by atoms with E-state index in [-0.39, 0.29) is 10.6 Å². The molecular weight excluding hydrogens is 307 g/mol. The van der Waals surface area contributed by atoms with Gasteiger partial charge >= 0.3 is 12.1 Å². The smallest absolute Gasteiger partial charge is 0.419 e. The summed E-state index contributed by atoms with van der Waals surface area (Å²) in [6.07, 6.45) is -4.66. The lowest BCUT2D eigenvalue weighted by atomic mass is 9.95. The van der Waals surface area contributed by atoms with Crippen LogP contribution in [0.5, 0.6) is 5.75 Å². The largest absolute Gasteiger partial charge is 0.492 e. The van der Waals surface area contributed by atoms with Gasteiger partial charge in [0, 0.05) is 5.56 Å². The zero-order chi connectivity index (χ0) is 16.4. The van der Waals surface area contributed by atoms with E-state index in [9.17, 15) is 18.0 Å². The van der Waals surface area contributed by atoms with Gasteiger partial charge in [0.25, 0.3) is 0 Å². The molecule has 0 unspecified atom stereocenters. The number of thiocarbonyl (C=S) groups is 1. The number of carbonyl (C=O) groups is 1. The molecule has 1 aromatic carbocycles. The summed E-state index contributed by atoms with van der Waals surface area (Å²) in [5.41, 5.74) is 3.00. The fraction of sp³-hybridized carbons (Fsp3) is 0.385. The third kappa shape index (κ3) is 4.32. The number of carboxylic acid groups (broad SMARTS) is 1. The van der Waals surface area contributed by atoms with E-state index >= 15 is 0 Å². The highest BCUT2D eigenvalue weighted by atomic mass is 32.1. The molecule has 0 amide bonds. The molecule has 3 N–H and O–H groups in total. The number of ether oxygens (including phenoxy) is 1. The van der Waals surface area contributed by atoms with E-state index in [2.05, 4.69) is 12.2 Å². The maximum atomic E-state index is 13.0. The zero-order valence-electron chi connectivity index (χ0n) is 11.3. The average molecular weight is 321 g/mol. The van der Waals surface area contributed by atoms with Crippen molar-refractivity contribution in [3.05, 3.63) is 29.3 Å². The van der Waals surface area contributed by atoms with Gasteiger partial charge in [-0.05, 0) is 32.0 Å². The Morgan fingerprint density at radius 3 is 2.38 bits per heavy atom. The molecule has 0 saturated carbocycles. The highest BCUT2D eigenvalue weighted by Crippen LogP contribution is 2.37. The molecule has 1 aromatic rings. The van der Waals surface area contributed by atoms with Gasteiger partial charge in [0.05, 0.1) is 11.0 Å². The Morgan fingerprint density at radius 2 is 1.95 bits per heavy atom. The summed E-state index contributed by atoms with van der Waals surface area (Å²) in [7, 11) is 0. The Morgan fingerprint density at radius 1 is 1.38 bits per heavy atom. The summed E-state index contributed by atoms with van der Waals surface area (Å²) >= 11 is 4.64. The van der Waals surface area contributed by atoms with Crippen molar-refractivity contribution >= 4 is 23.2 Å². The lowest BCUT2D eigenvalue weighted by Gasteiger charge is -2.21. The summed E-state index contributed by atoms with van der Waals surface area (Å²) in [4.78, 5) is 10.8. The fourth-order valence-corrected chi connectivity index (χ4v) is 1.48. The molecule has 0 aliphatic rings. The highest BCUT2D eigenvalue weighted by Gasteiger charge is 2.36. The standard InChI is InChI=1S/C13H14F3NO3S/c1-12(2,11(18)19)6-20-9-4-3-7(10(17)21)5-8(9)13(14,15)16/h3-5H,6H2,1-2H3,(H2,17,21)(H,18,19). The molecule has 0 bridgehead atoms. The normalized spacial score (nSPS) is 12.0. The topological polar surface area (TPSA) is 72.5 Å². The van der Waals surface area contributed by atoms with E-state index in [1.807, 2.05) is 0 Å². The van der Waals surface area contributed by atoms with Gasteiger partial charge in [-0.1, -0.05) is 12.2 Å². The number of carboxylic acids is 1. The molecule has 0 aromatic heterocycles. The predicted molar refractivity (Wildman–Crippen MR) is 74.2 cm³/mol. The number of benzene rings is 1. The van der Waals surface area contributed by atoms with Crippen LogP contribution in [-0.4, -0.2) is 22.7 Å². The summed E-state index contributed by atoms with van der Waals surface area (Å²) in [5, 5.41) is 8.93. The Hall–Kier alpha value is -1.83. The van der Waals surface area contributed by atoms with E-state index < -0.39 is 35.5 Å². The van der Waals surface area contributed by atoms with Crippen molar-refractivity contribution in [1.82, 2.24) is 0 Å². The Balaban J connectivity index is 3.13. The second kappa shape index (κ2) is 5.88. The summed E-state index contributed by atoms with van der Waals surface area (Å²) in [6.45, 7) is 2.30. The molecule has 0 aliphatic heterocycles. The van der Waals surface area contributed by atoms with Crippen LogP contribution in [0.1, 0.15) is 25.0 Å². The van der Waals surface area contributed by atoms with Crippen LogP contribution < -0.4 is 10.5 Å². The van der Waals surface area contributed by atoms with Gasteiger partial charge in [0.2, 0.25) is 0 Å². The van der Waals surface area contributed by atoms with Gasteiger partial charge in [-0.3, -0.25) is 4.79 Å². The monoisotopic (exact) mass is 321 g/mol. The molecule has 0 spiro atoms. The zero-order valence-corrected chi connectivity index (χ0v) is 12.1. The van der Waals surface area contributed by atoms with Crippen LogP contribution in [0.25, 0.3) is 0 Å². The number of aliphatic carboxylic acids is 1. The van der Waals surface area contributed by atoms with Crippen molar-refractivity contribution in [2.24, 2.45) is 11.1 Å². The second-order valence-corrected chi connectivity index (χ2v) is 5.49. The van der Waals surface area contributed by atoms with Crippen LogP contribution >= 0.6 is 12.2 Å². The van der Waals surface area contributed by atoms with Crippen molar-refractivity contribution in [2.75, 3.05) is 6.61 Å². The van der Waals surface area contributed by atoms with E-state index in [1.165, 1.54) is 19.9 Å². The van der Waals surface area contributed by atoms with Gasteiger partial charge in [-0.15, -0.1) is 0 Å². The lowest BCUT2D eigenvalue weighted by Crippen LogP contribution is -2.31. The van der Waals surface area contributed by atoms with Crippen molar-refractivity contribution in [3.63, 3.8) is 0 Å². The molecule has 0 saturated heterocycles. The lowest BCUT2D eigenvalue weighted by molar-refractivity contribution is -0.148. The van der Waals surface area contributed by atoms with E-state index in [1.54, 1.807) is 0 Å². The maximum absolute atomic E-state index is 13.0. The number of alkyl halides is 3. The highest BCUT2D eigenvalue weighted by molar-refractivity contribution is 7.80. The third-order valence-corrected chi connectivity index (χ3v) is 2.97. The molecule has 0 heterocycles. The van der Waals surface area contributed by atoms with Crippen molar-refractivity contribution in [3.8, 4) is 5.75 Å². The fourth-order valence-electron chi connectivity index (χ4n) is 1.35. The van der Waals surface area contributed by atoms with Crippen LogP contribution in [0.3, 0.4) is 0 Å². The molecule has 116 valence electrons. The Labute approximate surface area is 124 Å². The van der Waals surface area contributed by atoms with Gasteiger partial charge < -0.3 is 15.6 Å². The third-order valence-electron chi connectivity index (χ3n) is 2.74. The first-order valence-corrected chi connectivity index (χ1v) is 6.23. The van der Waals surface area contributed by atoms with Crippen LogP contribution in [0, 0.1) is 5.41 Å². The summed E-state index contributed by atoms with van der Waals surface area (Å²) in [6, 6.07) is 3.15. The molecule has 0 aliphatic carbocycles. The van der Waals surface area contributed by atoms with Crippen LogP contribution in [0.2, 0.25) is 0 Å². The molecule has 21 heavy (non-hydrogen) atoms. The Kier molecular flexibility index (Phi) is 4.83. The second-order valence-electron chi connectivity index (χ2n) is 5.05. The molecule has 1 rings (SSSR count). The summed E-state index contributed by atoms with van der Waals surface area (Å²) in [5.74, 6) is -1.63. The first-order valence-electron chi connectivity index (χ1n) is 5.82. The number of nitrogens with two attached hydrogens (primary N) is 1. The van der Waals surface area contributed by atoms with E-state index in [4.69, 9.17) is 15.6 Å². The predicted octanol–water partition coefficient (Wildman–Crippen LogP) is 2.83. The maximum Gasteiger partial charge on any atom is 0.419 e. The Bertz CT molecular complexity index is 570. The van der Waals surface area contributed by atoms with E-state index in [0.29, 0.717) is 0 Å². The van der Waals surface area contributed by atoms with Crippen molar-refractivity contribution in [1.29, 1.82) is 0 Å². The minimum absolute atomic E-state index is 0.0576. The minimum atomic E-state index is -4.66. The number of halogens is 3. The van der Waals surface area contributed by atoms with Gasteiger partial charge in [0.15, 0.2) is 0 Å². The SMILES string of the molecule is CC(C)(COc1ccc(C(N)=S)cc1C(F)(F)F)C(=O)O. The first kappa shape index (κ1) is 17.2. The molecule has 0 atom stereocenters. The van der Waals surface area contributed by atoms with Gasteiger partial charge in [-0.2, -0.15) is 13.2 Å². The van der Waals surface area contributed by atoms with Crippen LogP contribution in [0.4, 0.5) is 13.2 Å². The number of rotatable bonds is 5. The molecular formula is C13H14F3NO3S. The molecule has 0 radical (unpaired) electrons. The van der Waals surface area contributed by atoms with E-state index in [0.717, 1.165) is 12.1 Å². The van der Waals surface area contributed by atoms with Gasteiger partial charge in [0.1, 0.15) is 17.3 Å². The van der Waals surface area contributed by atoms with Gasteiger partial charge in [-0.25, -0.2) is 0 Å². The van der Waals surface area contributed by atoms with Crippen molar-refractivity contribution < 1.29 is 27.8 Å². The van der Waals surface area contributed by atoms with Crippen LogP contribution in [0.15, 0.2) is 18.2 Å². The molecule has 8 heteroatoms. The van der Waals surface area contributed by atoms with Crippen molar-refractivity contribution in [2.45, 2.75) is 20.0 Å². The number of hydrogen-bond acceptors (Lipinski definition) is 3.